The smallest absolute Gasteiger partial charge is 0.381 e. The van der Waals surface area contributed by atoms with Crippen LogP contribution in [-0.4, -0.2) is 61.1 Å². The second-order valence-corrected chi connectivity index (χ2v) is 5.83. The molecule has 0 aliphatic heterocycles. The van der Waals surface area contributed by atoms with Crippen molar-refractivity contribution in [1.29, 1.82) is 0 Å². The van der Waals surface area contributed by atoms with E-state index in [0.29, 0.717) is 0 Å². The third kappa shape index (κ3) is 5.20. The fourth-order valence-electron chi connectivity index (χ4n) is 2.00. The summed E-state index contributed by atoms with van der Waals surface area (Å²) in [5, 5.41) is 0. The van der Waals surface area contributed by atoms with Gasteiger partial charge in [-0.25, -0.2) is 26.3 Å². The highest BCUT2D eigenvalue weighted by atomic mass is 19.4. The van der Waals surface area contributed by atoms with Crippen LogP contribution in [0.4, 0.5) is 79.0 Å². The molecule has 0 N–H and O–H groups in total. The van der Waals surface area contributed by atoms with Crippen LogP contribution < -0.4 is 0 Å². The van der Waals surface area contributed by atoms with E-state index < -0.39 is 73.9 Å². The lowest BCUT2D eigenvalue weighted by Crippen LogP contribution is -2.65. The van der Waals surface area contributed by atoms with Crippen molar-refractivity contribution in [1.82, 2.24) is 0 Å². The molecule has 0 amide bonds. The van der Waals surface area contributed by atoms with E-state index in [9.17, 15) is 79.0 Å². The molecule has 0 fully saturated rings. The van der Waals surface area contributed by atoms with E-state index in [0.717, 1.165) is 0 Å². The molecule has 0 aliphatic carbocycles. The fourth-order valence-corrected chi connectivity index (χ4v) is 2.00. The van der Waals surface area contributed by atoms with Gasteiger partial charge in [0.2, 0.25) is 0 Å². The Morgan fingerprint density at radius 2 is 0.548 bits per heavy atom. The van der Waals surface area contributed by atoms with E-state index in [2.05, 4.69) is 4.74 Å². The van der Waals surface area contributed by atoms with Crippen LogP contribution in [0.25, 0.3) is 0 Å². The largest absolute Gasteiger partial charge is 0.437 e. The van der Waals surface area contributed by atoms with Crippen LogP contribution in [0.15, 0.2) is 0 Å². The zero-order valence-corrected chi connectivity index (χ0v) is 14.0. The molecule has 0 atom stereocenters. The first-order valence-corrected chi connectivity index (χ1v) is 7.19. The Morgan fingerprint density at radius 1 is 0.355 bits per heavy atom. The average molecular weight is 510 g/mol. The molecular weight excluding hydrogens is 502 g/mol. The molecule has 0 radical (unpaired) electrons. The number of halogens is 18. The second kappa shape index (κ2) is 8.24. The molecule has 0 aromatic heterocycles. The van der Waals surface area contributed by atoms with Gasteiger partial charge in [-0.15, -0.1) is 0 Å². The molecule has 0 heterocycles. The first kappa shape index (κ1) is 29.7. The molecule has 0 aromatic carbocycles. The number of hydrogen-bond donors (Lipinski definition) is 0. The van der Waals surface area contributed by atoms with Crippen molar-refractivity contribution < 1.29 is 83.8 Å². The highest BCUT2D eigenvalue weighted by Crippen LogP contribution is 2.57. The minimum absolute atomic E-state index is 2.17. The predicted octanol–water partition coefficient (Wildman–Crippen LogP) is 6.72. The van der Waals surface area contributed by atoms with Gasteiger partial charge in [-0.3, -0.25) is 0 Å². The fraction of sp³-hybridized carbons (Fsp3) is 1.00. The maximum Gasteiger partial charge on any atom is 0.437 e. The van der Waals surface area contributed by atoms with Crippen LogP contribution in [0, 0.1) is 0 Å². The average Bonchev–Trinajstić information content (AvgIpc) is 2.47. The Morgan fingerprint density at radius 3 is 0.710 bits per heavy atom. The molecular formula is C12H8F18O. The van der Waals surface area contributed by atoms with Crippen LogP contribution >= 0.6 is 0 Å². The summed E-state index contributed by atoms with van der Waals surface area (Å²) >= 11 is 0. The topological polar surface area (TPSA) is 9.23 Å². The zero-order chi connectivity index (χ0) is 25.5. The molecule has 0 aliphatic rings. The molecule has 0 spiro atoms. The minimum atomic E-state index is -7.24. The Labute approximate surface area is 159 Å². The van der Waals surface area contributed by atoms with Crippen LogP contribution in [0.5, 0.6) is 0 Å². The molecule has 0 bridgehead atoms. The number of alkyl halides is 18. The third-order valence-electron chi connectivity index (χ3n) is 3.69. The molecule has 0 saturated heterocycles. The van der Waals surface area contributed by atoms with Crippen molar-refractivity contribution in [3.63, 3.8) is 0 Å². The highest BCUT2D eigenvalue weighted by Gasteiger charge is 2.85. The van der Waals surface area contributed by atoms with Crippen LogP contribution in [0.2, 0.25) is 0 Å². The summed E-state index contributed by atoms with van der Waals surface area (Å²) in [6.45, 7) is -4.34. The van der Waals surface area contributed by atoms with E-state index in [1.807, 2.05) is 0 Å². The summed E-state index contributed by atoms with van der Waals surface area (Å²) in [5.41, 5.74) is -14.3. The van der Waals surface area contributed by atoms with Gasteiger partial charge >= 0.3 is 47.9 Å². The number of hydrogen-bond acceptors (Lipinski definition) is 1. The minimum Gasteiger partial charge on any atom is -0.381 e. The van der Waals surface area contributed by atoms with Crippen molar-refractivity contribution in [2.75, 3.05) is 13.2 Å². The predicted molar refractivity (Wildman–Crippen MR) is 61.8 cm³/mol. The molecule has 0 saturated carbocycles. The first-order chi connectivity index (χ1) is 13.2. The lowest BCUT2D eigenvalue weighted by atomic mass is 9.93. The SMILES string of the molecule is FC(F)(F)C(F)(C(F)(F)F)C(F)(F)CCOCCC(F)(F)C(F)(C(F)(F)F)C(F)(F)F. The summed E-state index contributed by atoms with van der Waals surface area (Å²) < 4.78 is 229. The summed E-state index contributed by atoms with van der Waals surface area (Å²) in [4.78, 5) is 0. The van der Waals surface area contributed by atoms with Gasteiger partial charge in [0, 0.05) is 12.8 Å². The van der Waals surface area contributed by atoms with Crippen molar-refractivity contribution in [3.05, 3.63) is 0 Å². The van der Waals surface area contributed by atoms with Gasteiger partial charge in [0.15, 0.2) is 0 Å². The van der Waals surface area contributed by atoms with Crippen molar-refractivity contribution in [2.45, 2.75) is 60.7 Å². The maximum absolute atomic E-state index is 13.2. The molecule has 0 aromatic rings. The number of ether oxygens (including phenoxy) is 1. The maximum atomic E-state index is 13.2. The Bertz CT molecular complexity index is 513. The van der Waals surface area contributed by atoms with E-state index >= 15 is 0 Å². The Hall–Kier alpha value is -1.30. The first-order valence-electron chi connectivity index (χ1n) is 7.19. The van der Waals surface area contributed by atoms with Gasteiger partial charge in [0.25, 0.3) is 0 Å². The zero-order valence-electron chi connectivity index (χ0n) is 14.0. The lowest BCUT2D eigenvalue weighted by Gasteiger charge is -2.36. The normalized spacial score (nSPS) is 16.1. The van der Waals surface area contributed by atoms with E-state index in [1.165, 1.54) is 0 Å². The van der Waals surface area contributed by atoms with Gasteiger partial charge in [-0.2, -0.15) is 52.7 Å². The van der Waals surface area contributed by atoms with Crippen LogP contribution in [0.3, 0.4) is 0 Å². The van der Waals surface area contributed by atoms with Gasteiger partial charge < -0.3 is 4.74 Å². The molecule has 19 heteroatoms. The van der Waals surface area contributed by atoms with E-state index in [4.69, 9.17) is 0 Å². The summed E-state index contributed by atoms with van der Waals surface area (Å²) in [5.74, 6) is -12.7. The molecule has 1 nitrogen and oxygen atoms in total. The number of rotatable bonds is 8. The van der Waals surface area contributed by atoms with E-state index in [-0.39, 0.29) is 0 Å². The van der Waals surface area contributed by atoms with Gasteiger partial charge in [-0.1, -0.05) is 0 Å². The summed E-state index contributed by atoms with van der Waals surface area (Å²) in [6, 6.07) is 0. The standard InChI is InChI=1S/C12H8F18O/c13-5(14,7(17,9(19,20)21)10(22,23)24)1-3-31-4-2-6(15,16)8(18,11(25,26)27)12(28,29)30/h1-4H2. The van der Waals surface area contributed by atoms with Crippen LogP contribution in [-0.2, 0) is 4.74 Å². The Kier molecular flexibility index (Phi) is 7.89. The van der Waals surface area contributed by atoms with Gasteiger partial charge in [0.1, 0.15) is 0 Å². The third-order valence-corrected chi connectivity index (χ3v) is 3.69. The Balaban J connectivity index is 5.32. The second-order valence-electron chi connectivity index (χ2n) is 5.83. The molecule has 188 valence electrons. The van der Waals surface area contributed by atoms with Crippen molar-refractivity contribution in [2.24, 2.45) is 0 Å². The summed E-state index contributed by atoms with van der Waals surface area (Å²) in [7, 11) is 0. The molecule has 0 unspecified atom stereocenters. The van der Waals surface area contributed by atoms with Gasteiger partial charge in [0.05, 0.1) is 13.2 Å². The monoisotopic (exact) mass is 510 g/mol. The lowest BCUT2D eigenvalue weighted by molar-refractivity contribution is -0.398. The molecule has 31 heavy (non-hydrogen) atoms. The van der Waals surface area contributed by atoms with E-state index in [1.54, 1.807) is 0 Å². The highest BCUT2D eigenvalue weighted by molar-refractivity contribution is 5.06. The summed E-state index contributed by atoms with van der Waals surface area (Å²) in [6.07, 6.45) is -34.6. The van der Waals surface area contributed by atoms with Gasteiger partial charge in [-0.05, 0) is 0 Å². The van der Waals surface area contributed by atoms with Crippen molar-refractivity contribution in [3.8, 4) is 0 Å². The quantitative estimate of drug-likeness (QED) is 0.260. The van der Waals surface area contributed by atoms with Crippen LogP contribution in [0.1, 0.15) is 12.8 Å². The van der Waals surface area contributed by atoms with Crippen molar-refractivity contribution >= 4 is 0 Å². The molecule has 0 rings (SSSR count).